The van der Waals surface area contributed by atoms with Gasteiger partial charge >= 0.3 is 0 Å². The third-order valence-electron chi connectivity index (χ3n) is 3.14. The van der Waals surface area contributed by atoms with E-state index in [1.165, 1.54) is 12.8 Å². The summed E-state index contributed by atoms with van der Waals surface area (Å²) in [6.07, 6.45) is 5.94. The molecule has 0 bridgehead atoms. The number of thioether (sulfide) groups is 1. The largest absolute Gasteiger partial charge is 0.302 e. The number of carbonyl (C=O) groups excluding carboxylic acids is 2. The second kappa shape index (κ2) is 4.53. The maximum absolute atomic E-state index is 11.4. The monoisotopic (exact) mass is 228 g/mol. The van der Waals surface area contributed by atoms with E-state index in [4.69, 9.17) is 0 Å². The topological polar surface area (TPSA) is 58.2 Å². The first kappa shape index (κ1) is 11.0. The van der Waals surface area contributed by atoms with Gasteiger partial charge in [0.15, 0.2) is 0 Å². The van der Waals surface area contributed by atoms with Crippen molar-refractivity contribution in [3.63, 3.8) is 0 Å². The molecule has 15 heavy (non-hydrogen) atoms. The number of hydrogen-bond donors (Lipinski definition) is 2. The first-order valence-electron chi connectivity index (χ1n) is 5.33. The molecule has 1 saturated heterocycles. The van der Waals surface area contributed by atoms with Gasteiger partial charge in [0.05, 0.1) is 12.5 Å². The van der Waals surface area contributed by atoms with Crippen molar-refractivity contribution in [1.82, 2.24) is 10.6 Å². The molecule has 1 heterocycles. The van der Waals surface area contributed by atoms with Crippen molar-refractivity contribution in [3.05, 3.63) is 0 Å². The highest BCUT2D eigenvalue weighted by Gasteiger charge is 2.35. The molecule has 2 rings (SSSR count). The minimum Gasteiger partial charge on any atom is -0.302 e. The Morgan fingerprint density at radius 1 is 1.40 bits per heavy atom. The number of rotatable bonds is 3. The van der Waals surface area contributed by atoms with Crippen molar-refractivity contribution >= 4 is 23.6 Å². The normalized spacial score (nSPS) is 35.9. The average Bonchev–Trinajstić information content (AvgIpc) is 2.74. The maximum Gasteiger partial charge on any atom is 0.244 e. The van der Waals surface area contributed by atoms with Gasteiger partial charge in [-0.3, -0.25) is 14.9 Å². The van der Waals surface area contributed by atoms with Gasteiger partial charge in [0, 0.05) is 11.3 Å². The van der Waals surface area contributed by atoms with Crippen molar-refractivity contribution in [3.8, 4) is 0 Å². The van der Waals surface area contributed by atoms with Crippen molar-refractivity contribution in [1.29, 1.82) is 0 Å². The number of carbonyl (C=O) groups is 2. The molecule has 5 heteroatoms. The van der Waals surface area contributed by atoms with Crippen LogP contribution in [0, 0.1) is 0 Å². The van der Waals surface area contributed by atoms with Gasteiger partial charge in [0.2, 0.25) is 11.8 Å². The molecule has 1 aliphatic carbocycles. The van der Waals surface area contributed by atoms with Crippen LogP contribution >= 0.6 is 11.8 Å². The Morgan fingerprint density at radius 2 is 2.20 bits per heavy atom. The highest BCUT2D eigenvalue weighted by molar-refractivity contribution is 7.99. The Kier molecular flexibility index (Phi) is 3.31. The molecule has 3 unspecified atom stereocenters. The minimum absolute atomic E-state index is 0.156. The van der Waals surface area contributed by atoms with Gasteiger partial charge < -0.3 is 5.32 Å². The molecule has 0 spiro atoms. The summed E-state index contributed by atoms with van der Waals surface area (Å²) in [4.78, 5) is 22.4. The van der Waals surface area contributed by atoms with Crippen molar-refractivity contribution < 1.29 is 9.59 Å². The molecule has 1 aliphatic heterocycles. The molecule has 0 aromatic heterocycles. The lowest BCUT2D eigenvalue weighted by Gasteiger charge is -2.21. The van der Waals surface area contributed by atoms with Crippen LogP contribution in [-0.4, -0.2) is 35.4 Å². The van der Waals surface area contributed by atoms with Crippen LogP contribution in [0.3, 0.4) is 0 Å². The zero-order valence-electron chi connectivity index (χ0n) is 8.79. The molecule has 3 atom stereocenters. The molecule has 84 valence electrons. The number of nitrogens with one attached hydrogen (secondary N) is 2. The van der Waals surface area contributed by atoms with Crippen molar-refractivity contribution in [2.75, 3.05) is 6.26 Å². The second-order valence-electron chi connectivity index (χ2n) is 4.15. The predicted octanol–water partition coefficient (Wildman–Crippen LogP) is 0.275. The SMILES string of the molecule is CSC1CCCC1NC1CC(=O)NC1=O. The number of amides is 2. The second-order valence-corrected chi connectivity index (χ2v) is 5.22. The fourth-order valence-electron chi connectivity index (χ4n) is 2.35. The van der Waals surface area contributed by atoms with E-state index in [9.17, 15) is 9.59 Å². The predicted molar refractivity (Wildman–Crippen MR) is 59.6 cm³/mol. The summed E-state index contributed by atoms with van der Waals surface area (Å²) in [7, 11) is 0. The lowest BCUT2D eigenvalue weighted by molar-refractivity contribution is -0.125. The highest BCUT2D eigenvalue weighted by Crippen LogP contribution is 2.29. The van der Waals surface area contributed by atoms with Gasteiger partial charge in [0.25, 0.3) is 0 Å². The highest BCUT2D eigenvalue weighted by atomic mass is 32.2. The standard InChI is InChI=1S/C10H16N2O2S/c1-15-8-4-2-3-6(8)11-7-5-9(13)12-10(7)14/h6-8,11H,2-5H2,1H3,(H,12,13,14). The molecule has 2 N–H and O–H groups in total. The van der Waals surface area contributed by atoms with Crippen LogP contribution in [0.5, 0.6) is 0 Å². The van der Waals surface area contributed by atoms with E-state index in [0.717, 1.165) is 6.42 Å². The van der Waals surface area contributed by atoms with Crippen LogP contribution < -0.4 is 10.6 Å². The molecular formula is C10H16N2O2S. The Bertz CT molecular complexity index is 283. The van der Waals surface area contributed by atoms with E-state index in [2.05, 4.69) is 16.9 Å². The van der Waals surface area contributed by atoms with Crippen LogP contribution in [-0.2, 0) is 9.59 Å². The van der Waals surface area contributed by atoms with Crippen LogP contribution in [0.25, 0.3) is 0 Å². The number of hydrogen-bond acceptors (Lipinski definition) is 4. The Morgan fingerprint density at radius 3 is 2.80 bits per heavy atom. The number of imide groups is 1. The van der Waals surface area contributed by atoms with E-state index in [-0.39, 0.29) is 17.9 Å². The molecule has 2 fully saturated rings. The fourth-order valence-corrected chi connectivity index (χ4v) is 3.29. The van der Waals surface area contributed by atoms with Crippen LogP contribution in [0.1, 0.15) is 25.7 Å². The summed E-state index contributed by atoms with van der Waals surface area (Å²) < 4.78 is 0. The molecule has 0 aromatic carbocycles. The first-order chi connectivity index (χ1) is 7.20. The van der Waals surface area contributed by atoms with Crippen LogP contribution in [0.4, 0.5) is 0 Å². The summed E-state index contributed by atoms with van der Waals surface area (Å²) in [6, 6.07) is 0.0944. The Labute approximate surface area is 93.6 Å². The van der Waals surface area contributed by atoms with E-state index in [1.54, 1.807) is 0 Å². The molecule has 2 amide bonds. The summed E-state index contributed by atoms with van der Waals surface area (Å²) >= 11 is 1.85. The van der Waals surface area contributed by atoms with E-state index in [1.807, 2.05) is 11.8 Å². The van der Waals surface area contributed by atoms with Gasteiger partial charge in [-0.15, -0.1) is 0 Å². The summed E-state index contributed by atoms with van der Waals surface area (Å²) in [5.41, 5.74) is 0. The zero-order chi connectivity index (χ0) is 10.8. The Balaban J connectivity index is 1.91. The van der Waals surface area contributed by atoms with E-state index >= 15 is 0 Å². The molecule has 1 saturated carbocycles. The summed E-state index contributed by atoms with van der Waals surface area (Å²) in [5.74, 6) is -0.317. The Hall–Kier alpha value is -0.550. The van der Waals surface area contributed by atoms with Gasteiger partial charge in [-0.25, -0.2) is 0 Å². The summed E-state index contributed by atoms with van der Waals surface area (Å²) in [5, 5.41) is 6.22. The minimum atomic E-state index is -0.296. The average molecular weight is 228 g/mol. The van der Waals surface area contributed by atoms with Crippen molar-refractivity contribution in [2.24, 2.45) is 0 Å². The third-order valence-corrected chi connectivity index (χ3v) is 4.31. The first-order valence-corrected chi connectivity index (χ1v) is 6.62. The molecule has 0 aromatic rings. The van der Waals surface area contributed by atoms with Crippen LogP contribution in [0.2, 0.25) is 0 Å². The van der Waals surface area contributed by atoms with E-state index < -0.39 is 0 Å². The lowest BCUT2D eigenvalue weighted by atomic mass is 10.2. The quantitative estimate of drug-likeness (QED) is 0.681. The van der Waals surface area contributed by atoms with Gasteiger partial charge in [-0.05, 0) is 19.1 Å². The van der Waals surface area contributed by atoms with Gasteiger partial charge in [-0.2, -0.15) is 11.8 Å². The smallest absolute Gasteiger partial charge is 0.244 e. The van der Waals surface area contributed by atoms with Crippen LogP contribution in [0.15, 0.2) is 0 Å². The van der Waals surface area contributed by atoms with Gasteiger partial charge in [0.1, 0.15) is 0 Å². The zero-order valence-corrected chi connectivity index (χ0v) is 9.60. The maximum atomic E-state index is 11.4. The summed E-state index contributed by atoms with van der Waals surface area (Å²) in [6.45, 7) is 0. The molecule has 0 radical (unpaired) electrons. The molecular weight excluding hydrogens is 212 g/mol. The fraction of sp³-hybridized carbons (Fsp3) is 0.800. The molecule has 2 aliphatic rings. The molecule has 4 nitrogen and oxygen atoms in total. The van der Waals surface area contributed by atoms with Gasteiger partial charge in [-0.1, -0.05) is 6.42 Å². The van der Waals surface area contributed by atoms with Crippen molar-refractivity contribution in [2.45, 2.75) is 43.0 Å². The van der Waals surface area contributed by atoms with E-state index in [0.29, 0.717) is 17.7 Å². The lowest BCUT2D eigenvalue weighted by Crippen LogP contribution is -2.45. The third kappa shape index (κ3) is 2.34.